The third kappa shape index (κ3) is 3.54. The predicted octanol–water partition coefficient (Wildman–Crippen LogP) is 3.55. The Kier molecular flexibility index (Phi) is 4.35. The number of hydrogen-bond donors (Lipinski definition) is 1. The predicted molar refractivity (Wildman–Crippen MR) is 88.4 cm³/mol. The molecule has 0 saturated heterocycles. The molecule has 23 heavy (non-hydrogen) atoms. The first-order valence-electron chi connectivity index (χ1n) is 7.38. The average Bonchev–Trinajstić information content (AvgIpc) is 3.36. The van der Waals surface area contributed by atoms with E-state index in [0.717, 1.165) is 18.4 Å². The van der Waals surface area contributed by atoms with Crippen LogP contribution in [0.2, 0.25) is 5.02 Å². The fourth-order valence-electron chi connectivity index (χ4n) is 2.49. The molecule has 3 rings (SSSR count). The van der Waals surface area contributed by atoms with Gasteiger partial charge in [0.2, 0.25) is 0 Å². The molecule has 1 aliphatic carbocycles. The van der Waals surface area contributed by atoms with Crippen LogP contribution in [0.4, 0.5) is 5.69 Å². The topological polar surface area (TPSA) is 55.4 Å². The van der Waals surface area contributed by atoms with E-state index in [9.17, 15) is 9.59 Å². The van der Waals surface area contributed by atoms with E-state index in [2.05, 4.69) is 5.32 Å². The largest absolute Gasteiger partial charge is 0.455 e. The Balaban J connectivity index is 1.57. The second-order valence-electron chi connectivity index (χ2n) is 5.58. The summed E-state index contributed by atoms with van der Waals surface area (Å²) in [4.78, 5) is 24.2. The van der Waals surface area contributed by atoms with Crippen LogP contribution in [0.15, 0.2) is 54.6 Å². The maximum Gasteiger partial charge on any atom is 0.317 e. The van der Waals surface area contributed by atoms with E-state index in [1.165, 1.54) is 0 Å². The fourth-order valence-corrected chi connectivity index (χ4v) is 2.62. The van der Waals surface area contributed by atoms with Crippen LogP contribution in [0, 0.1) is 0 Å². The van der Waals surface area contributed by atoms with Gasteiger partial charge in [0.1, 0.15) is 0 Å². The summed E-state index contributed by atoms with van der Waals surface area (Å²) in [5, 5.41) is 3.31. The lowest BCUT2D eigenvalue weighted by atomic mass is 9.96. The van der Waals surface area contributed by atoms with E-state index in [1.54, 1.807) is 24.3 Å². The summed E-state index contributed by atoms with van der Waals surface area (Å²) < 4.78 is 5.20. The molecule has 1 fully saturated rings. The summed E-state index contributed by atoms with van der Waals surface area (Å²) in [7, 11) is 0. The van der Waals surface area contributed by atoms with Gasteiger partial charge in [0.05, 0.1) is 5.41 Å². The van der Waals surface area contributed by atoms with Crippen molar-refractivity contribution in [3.8, 4) is 0 Å². The molecule has 1 aliphatic rings. The lowest BCUT2D eigenvalue weighted by Gasteiger charge is -2.15. The van der Waals surface area contributed by atoms with Crippen molar-refractivity contribution >= 4 is 29.2 Å². The quantitative estimate of drug-likeness (QED) is 0.853. The molecular formula is C18H16ClNO3. The standard InChI is InChI=1S/C18H16ClNO3/c19-14-8-6-13(7-9-14)18(10-11-18)17(22)23-12-16(21)20-15-4-2-1-3-5-15/h1-9H,10-12H2,(H,20,21). The minimum atomic E-state index is -0.613. The van der Waals surface area contributed by atoms with Gasteiger partial charge in [0.25, 0.3) is 5.91 Å². The van der Waals surface area contributed by atoms with Crippen molar-refractivity contribution in [2.75, 3.05) is 11.9 Å². The molecule has 0 aromatic heterocycles. The molecule has 0 unspecified atom stereocenters. The third-order valence-electron chi connectivity index (χ3n) is 3.93. The zero-order valence-electron chi connectivity index (χ0n) is 12.4. The van der Waals surface area contributed by atoms with Crippen LogP contribution < -0.4 is 5.32 Å². The molecule has 1 N–H and O–H groups in total. The van der Waals surface area contributed by atoms with Crippen molar-refractivity contribution in [1.82, 2.24) is 0 Å². The van der Waals surface area contributed by atoms with Crippen LogP contribution >= 0.6 is 11.6 Å². The average molecular weight is 330 g/mol. The van der Waals surface area contributed by atoms with Gasteiger partial charge in [-0.2, -0.15) is 0 Å². The minimum Gasteiger partial charge on any atom is -0.455 e. The molecule has 4 nitrogen and oxygen atoms in total. The van der Waals surface area contributed by atoms with E-state index < -0.39 is 5.41 Å². The number of amides is 1. The summed E-state index contributed by atoms with van der Waals surface area (Å²) in [5.41, 5.74) is 0.945. The molecular weight excluding hydrogens is 314 g/mol. The van der Waals surface area contributed by atoms with Gasteiger partial charge in [0, 0.05) is 10.7 Å². The van der Waals surface area contributed by atoms with Crippen LogP contribution in [0.25, 0.3) is 0 Å². The van der Waals surface area contributed by atoms with Gasteiger partial charge >= 0.3 is 5.97 Å². The number of anilines is 1. The zero-order chi connectivity index (χ0) is 16.3. The molecule has 0 heterocycles. The van der Waals surface area contributed by atoms with Crippen molar-refractivity contribution in [2.45, 2.75) is 18.3 Å². The monoisotopic (exact) mass is 329 g/mol. The molecule has 0 spiro atoms. The van der Waals surface area contributed by atoms with Crippen molar-refractivity contribution in [3.63, 3.8) is 0 Å². The third-order valence-corrected chi connectivity index (χ3v) is 4.18. The highest BCUT2D eigenvalue weighted by atomic mass is 35.5. The summed E-state index contributed by atoms with van der Waals surface area (Å²) >= 11 is 5.87. The lowest BCUT2D eigenvalue weighted by Crippen LogP contribution is -2.28. The van der Waals surface area contributed by atoms with Crippen LogP contribution in [-0.2, 0) is 19.7 Å². The Morgan fingerprint density at radius 2 is 1.70 bits per heavy atom. The zero-order valence-corrected chi connectivity index (χ0v) is 13.2. The summed E-state index contributed by atoms with van der Waals surface area (Å²) in [6.07, 6.45) is 1.46. The molecule has 118 valence electrons. The van der Waals surface area contributed by atoms with Gasteiger partial charge in [-0.25, -0.2) is 0 Å². The molecule has 5 heteroatoms. The van der Waals surface area contributed by atoms with Gasteiger partial charge in [-0.1, -0.05) is 41.9 Å². The summed E-state index contributed by atoms with van der Waals surface area (Å²) in [5.74, 6) is -0.709. The number of halogens is 1. The number of hydrogen-bond acceptors (Lipinski definition) is 3. The Morgan fingerprint density at radius 1 is 1.04 bits per heavy atom. The number of ether oxygens (including phenoxy) is 1. The van der Waals surface area contributed by atoms with Gasteiger partial charge in [0.15, 0.2) is 6.61 Å². The van der Waals surface area contributed by atoms with Gasteiger partial charge < -0.3 is 10.1 Å². The number of rotatable bonds is 5. The smallest absolute Gasteiger partial charge is 0.317 e. The number of carbonyl (C=O) groups is 2. The first-order valence-corrected chi connectivity index (χ1v) is 7.76. The van der Waals surface area contributed by atoms with Crippen LogP contribution in [-0.4, -0.2) is 18.5 Å². The molecule has 2 aromatic rings. The van der Waals surface area contributed by atoms with E-state index in [-0.39, 0.29) is 18.5 Å². The van der Waals surface area contributed by atoms with Crippen molar-refractivity contribution < 1.29 is 14.3 Å². The van der Waals surface area contributed by atoms with Crippen molar-refractivity contribution in [1.29, 1.82) is 0 Å². The number of carbonyl (C=O) groups excluding carboxylic acids is 2. The number of esters is 1. The van der Waals surface area contributed by atoms with E-state index in [4.69, 9.17) is 16.3 Å². The van der Waals surface area contributed by atoms with Gasteiger partial charge in [-0.3, -0.25) is 9.59 Å². The van der Waals surface area contributed by atoms with E-state index in [0.29, 0.717) is 10.7 Å². The summed E-state index contributed by atoms with van der Waals surface area (Å²) in [6.45, 7) is -0.289. The first-order chi connectivity index (χ1) is 11.1. The maximum absolute atomic E-state index is 12.3. The molecule has 2 aromatic carbocycles. The highest BCUT2D eigenvalue weighted by Crippen LogP contribution is 2.49. The number of nitrogens with one attached hydrogen (secondary N) is 1. The fraction of sp³-hybridized carbons (Fsp3) is 0.222. The minimum absolute atomic E-state index is 0.289. The SMILES string of the molecule is O=C(COC(=O)C1(c2ccc(Cl)cc2)CC1)Nc1ccccc1. The maximum atomic E-state index is 12.3. The van der Waals surface area contributed by atoms with E-state index in [1.807, 2.05) is 30.3 Å². The normalized spacial score (nSPS) is 14.8. The van der Waals surface area contributed by atoms with Crippen molar-refractivity contribution in [2.24, 2.45) is 0 Å². The second kappa shape index (κ2) is 6.42. The Hall–Kier alpha value is -2.33. The highest BCUT2D eigenvalue weighted by Gasteiger charge is 2.52. The van der Waals surface area contributed by atoms with Crippen LogP contribution in [0.1, 0.15) is 18.4 Å². The summed E-state index contributed by atoms with van der Waals surface area (Å²) in [6, 6.07) is 16.2. The molecule has 0 bridgehead atoms. The van der Waals surface area contributed by atoms with E-state index >= 15 is 0 Å². The number of benzene rings is 2. The van der Waals surface area contributed by atoms with Gasteiger partial charge in [-0.05, 0) is 42.7 Å². The van der Waals surface area contributed by atoms with Crippen molar-refractivity contribution in [3.05, 3.63) is 65.2 Å². The molecule has 0 aliphatic heterocycles. The number of para-hydroxylation sites is 1. The second-order valence-corrected chi connectivity index (χ2v) is 6.02. The lowest BCUT2D eigenvalue weighted by molar-refractivity contribution is -0.150. The Bertz CT molecular complexity index is 709. The molecule has 0 radical (unpaired) electrons. The van der Waals surface area contributed by atoms with Crippen LogP contribution in [0.5, 0.6) is 0 Å². The van der Waals surface area contributed by atoms with Crippen LogP contribution in [0.3, 0.4) is 0 Å². The highest BCUT2D eigenvalue weighted by molar-refractivity contribution is 6.30. The molecule has 1 saturated carbocycles. The Labute approximate surface area is 139 Å². The molecule has 0 atom stereocenters. The first kappa shape index (κ1) is 15.6. The molecule has 1 amide bonds. The Morgan fingerprint density at radius 3 is 2.30 bits per heavy atom. The van der Waals surface area contributed by atoms with Gasteiger partial charge in [-0.15, -0.1) is 0 Å².